The third kappa shape index (κ3) is 2.75. The molecule has 12 heteroatoms. The number of nitrogens with zero attached hydrogens (tertiary/aromatic N) is 6. The average molecular weight is 353 g/mol. The standard InChI is InChI=1S/C13H10F3N7O2/c14-13(15,16)23-4-2-8(21-23)10-19-20-11(25-10)12(24)22-3-1-7-9(5-22)18-6-17-7/h2,4,6H,1,3,5H2,(H,17,18). The molecule has 0 spiro atoms. The predicted octanol–water partition coefficient (Wildman–Crippen LogP) is 1.33. The predicted molar refractivity (Wildman–Crippen MR) is 73.8 cm³/mol. The molecule has 4 heterocycles. The molecular weight excluding hydrogens is 343 g/mol. The molecule has 0 bridgehead atoms. The minimum absolute atomic E-state index is 0.168. The number of aromatic nitrogens is 6. The Balaban J connectivity index is 1.53. The van der Waals surface area contributed by atoms with Crippen LogP contribution in [-0.4, -0.2) is 47.3 Å². The van der Waals surface area contributed by atoms with E-state index in [1.165, 1.54) is 4.90 Å². The molecular formula is C13H10F3N7O2. The minimum atomic E-state index is -4.65. The number of aromatic amines is 1. The number of alkyl halides is 3. The minimum Gasteiger partial charge on any atom is -0.411 e. The Morgan fingerprint density at radius 3 is 2.92 bits per heavy atom. The zero-order valence-electron chi connectivity index (χ0n) is 12.5. The Labute approximate surface area is 137 Å². The quantitative estimate of drug-likeness (QED) is 0.745. The van der Waals surface area contributed by atoms with E-state index in [-0.39, 0.29) is 22.2 Å². The Morgan fingerprint density at radius 1 is 1.32 bits per heavy atom. The van der Waals surface area contributed by atoms with E-state index in [1.54, 1.807) is 6.33 Å². The lowest BCUT2D eigenvalue weighted by Gasteiger charge is -2.24. The van der Waals surface area contributed by atoms with Crippen molar-refractivity contribution in [1.29, 1.82) is 0 Å². The van der Waals surface area contributed by atoms with Crippen LogP contribution >= 0.6 is 0 Å². The summed E-state index contributed by atoms with van der Waals surface area (Å²) >= 11 is 0. The molecule has 25 heavy (non-hydrogen) atoms. The van der Waals surface area contributed by atoms with Crippen LogP contribution in [0.3, 0.4) is 0 Å². The average Bonchev–Trinajstić information content (AvgIpc) is 3.30. The van der Waals surface area contributed by atoms with E-state index in [0.717, 1.165) is 23.7 Å². The molecule has 0 unspecified atom stereocenters. The van der Waals surface area contributed by atoms with E-state index >= 15 is 0 Å². The monoisotopic (exact) mass is 353 g/mol. The van der Waals surface area contributed by atoms with Crippen molar-refractivity contribution in [3.8, 4) is 11.6 Å². The van der Waals surface area contributed by atoms with Crippen molar-refractivity contribution in [2.45, 2.75) is 19.3 Å². The molecule has 1 aliphatic rings. The third-order valence-electron chi connectivity index (χ3n) is 3.74. The van der Waals surface area contributed by atoms with Crippen molar-refractivity contribution in [2.75, 3.05) is 6.54 Å². The molecule has 4 rings (SSSR count). The highest BCUT2D eigenvalue weighted by atomic mass is 19.4. The van der Waals surface area contributed by atoms with Crippen LogP contribution < -0.4 is 0 Å². The molecule has 0 saturated carbocycles. The molecule has 3 aromatic rings. The molecule has 3 aromatic heterocycles. The van der Waals surface area contributed by atoms with Gasteiger partial charge in [0.15, 0.2) is 0 Å². The number of fused-ring (bicyclic) bond motifs is 1. The summed E-state index contributed by atoms with van der Waals surface area (Å²) in [6, 6.07) is 1.08. The van der Waals surface area contributed by atoms with Crippen LogP contribution in [0.1, 0.15) is 22.1 Å². The van der Waals surface area contributed by atoms with Crippen molar-refractivity contribution in [1.82, 2.24) is 34.8 Å². The highest BCUT2D eigenvalue weighted by Gasteiger charge is 2.33. The number of carbonyl (C=O) groups is 1. The van der Waals surface area contributed by atoms with Gasteiger partial charge in [-0.3, -0.25) is 4.79 Å². The van der Waals surface area contributed by atoms with E-state index in [9.17, 15) is 18.0 Å². The van der Waals surface area contributed by atoms with E-state index in [4.69, 9.17) is 4.42 Å². The van der Waals surface area contributed by atoms with E-state index in [2.05, 4.69) is 25.3 Å². The van der Waals surface area contributed by atoms with Crippen molar-refractivity contribution in [2.24, 2.45) is 0 Å². The Bertz CT molecular complexity index is 926. The van der Waals surface area contributed by atoms with Gasteiger partial charge in [-0.25, -0.2) is 4.98 Å². The lowest BCUT2D eigenvalue weighted by molar-refractivity contribution is -0.212. The molecule has 0 radical (unpaired) electrons. The third-order valence-corrected chi connectivity index (χ3v) is 3.74. The molecule has 9 nitrogen and oxygen atoms in total. The second-order valence-electron chi connectivity index (χ2n) is 5.33. The van der Waals surface area contributed by atoms with Crippen LogP contribution in [0.5, 0.6) is 0 Å². The SMILES string of the molecule is O=C(c1nnc(-c2ccn(C(F)(F)F)n2)o1)N1CCc2nc[nH]c2C1. The van der Waals surface area contributed by atoms with Gasteiger partial charge in [0.2, 0.25) is 0 Å². The molecule has 0 aliphatic carbocycles. The van der Waals surface area contributed by atoms with Crippen LogP contribution in [0.25, 0.3) is 11.6 Å². The van der Waals surface area contributed by atoms with Crippen molar-refractivity contribution >= 4 is 5.91 Å². The Kier molecular flexibility index (Phi) is 3.33. The molecule has 0 aromatic carbocycles. The van der Waals surface area contributed by atoms with Gasteiger partial charge >= 0.3 is 18.1 Å². The molecule has 0 atom stereocenters. The maximum atomic E-state index is 12.6. The fourth-order valence-electron chi connectivity index (χ4n) is 2.51. The molecule has 1 amide bonds. The lowest BCUT2D eigenvalue weighted by atomic mass is 10.1. The first kappa shape index (κ1) is 15.4. The molecule has 1 N–H and O–H groups in total. The van der Waals surface area contributed by atoms with Gasteiger partial charge < -0.3 is 14.3 Å². The van der Waals surface area contributed by atoms with Gasteiger partial charge in [0.05, 0.1) is 24.3 Å². The van der Waals surface area contributed by atoms with Crippen LogP contribution in [0.15, 0.2) is 23.0 Å². The molecule has 0 fully saturated rings. The van der Waals surface area contributed by atoms with Crippen molar-refractivity contribution < 1.29 is 22.4 Å². The number of carbonyl (C=O) groups excluding carboxylic acids is 1. The first-order valence-corrected chi connectivity index (χ1v) is 7.19. The zero-order valence-corrected chi connectivity index (χ0v) is 12.5. The Hall–Kier alpha value is -3.18. The largest absolute Gasteiger partial charge is 0.504 e. The summed E-state index contributed by atoms with van der Waals surface area (Å²) in [6.45, 7) is 0.742. The van der Waals surface area contributed by atoms with Gasteiger partial charge in [-0.05, 0) is 6.07 Å². The fraction of sp³-hybridized carbons (Fsp3) is 0.308. The van der Waals surface area contributed by atoms with Gasteiger partial charge in [-0.15, -0.1) is 23.4 Å². The maximum absolute atomic E-state index is 12.6. The topological polar surface area (TPSA) is 106 Å². The van der Waals surface area contributed by atoms with Gasteiger partial charge in [-0.1, -0.05) is 0 Å². The van der Waals surface area contributed by atoms with Crippen LogP contribution in [0.4, 0.5) is 13.2 Å². The second kappa shape index (κ2) is 5.43. The molecule has 1 aliphatic heterocycles. The number of rotatable bonds is 2. The van der Waals surface area contributed by atoms with E-state index in [1.807, 2.05) is 0 Å². The number of hydrogen-bond acceptors (Lipinski definition) is 6. The smallest absolute Gasteiger partial charge is 0.411 e. The highest BCUT2D eigenvalue weighted by molar-refractivity contribution is 5.89. The van der Waals surface area contributed by atoms with Gasteiger partial charge in [-0.2, -0.15) is 9.78 Å². The number of nitrogens with one attached hydrogen (secondary N) is 1. The van der Waals surface area contributed by atoms with Crippen molar-refractivity contribution in [3.63, 3.8) is 0 Å². The number of hydrogen-bond donors (Lipinski definition) is 1. The van der Waals surface area contributed by atoms with Crippen molar-refractivity contribution in [3.05, 3.63) is 35.9 Å². The van der Waals surface area contributed by atoms with E-state index in [0.29, 0.717) is 19.5 Å². The summed E-state index contributed by atoms with van der Waals surface area (Å²) < 4.78 is 42.7. The van der Waals surface area contributed by atoms with Crippen LogP contribution in [-0.2, 0) is 19.3 Å². The second-order valence-corrected chi connectivity index (χ2v) is 5.33. The first-order valence-electron chi connectivity index (χ1n) is 7.19. The number of H-pyrrole nitrogens is 1. The van der Waals surface area contributed by atoms with Gasteiger partial charge in [0.1, 0.15) is 5.69 Å². The summed E-state index contributed by atoms with van der Waals surface area (Å²) in [5, 5.41) is 10.5. The molecule has 130 valence electrons. The summed E-state index contributed by atoms with van der Waals surface area (Å²) in [5.74, 6) is -1.07. The Morgan fingerprint density at radius 2 is 2.16 bits per heavy atom. The first-order chi connectivity index (χ1) is 11.9. The van der Waals surface area contributed by atoms with Gasteiger partial charge in [0.25, 0.3) is 5.89 Å². The fourth-order valence-corrected chi connectivity index (χ4v) is 2.51. The lowest BCUT2D eigenvalue weighted by Crippen LogP contribution is -2.36. The van der Waals surface area contributed by atoms with Gasteiger partial charge in [0, 0.05) is 19.2 Å². The molecule has 0 saturated heterocycles. The summed E-state index contributed by atoms with van der Waals surface area (Å²) in [5.41, 5.74) is 1.55. The normalized spacial score (nSPS) is 14.6. The summed E-state index contributed by atoms with van der Waals surface area (Å²) in [6.07, 6.45) is -1.78. The zero-order chi connectivity index (χ0) is 17.6. The number of imidazole rings is 1. The number of halogens is 3. The van der Waals surface area contributed by atoms with Crippen LogP contribution in [0.2, 0.25) is 0 Å². The number of amides is 1. The summed E-state index contributed by atoms with van der Waals surface area (Å²) in [7, 11) is 0. The van der Waals surface area contributed by atoms with Crippen LogP contribution in [0, 0.1) is 0 Å². The highest BCUT2D eigenvalue weighted by Crippen LogP contribution is 2.24. The van der Waals surface area contributed by atoms with E-state index < -0.39 is 12.2 Å². The maximum Gasteiger partial charge on any atom is 0.504 e. The summed E-state index contributed by atoms with van der Waals surface area (Å²) in [4.78, 5) is 21.0.